The van der Waals surface area contributed by atoms with Crippen LogP contribution in [0.25, 0.3) is 10.2 Å². The first-order valence-electron chi connectivity index (χ1n) is 10.1. The van der Waals surface area contributed by atoms with Crippen LogP contribution < -0.4 is 4.90 Å². The maximum Gasteiger partial charge on any atom is 0.298 e. The monoisotopic (exact) mass is 417 g/mol. The Kier molecular flexibility index (Phi) is 6.32. The quantitative estimate of drug-likeness (QED) is 0.720. The molecule has 0 bridgehead atoms. The van der Waals surface area contributed by atoms with E-state index in [2.05, 4.69) is 30.9 Å². The second-order valence-corrected chi connectivity index (χ2v) is 8.38. The third-order valence-corrected chi connectivity index (χ3v) is 6.33. The smallest absolute Gasteiger partial charge is 0.298 e. The summed E-state index contributed by atoms with van der Waals surface area (Å²) in [7, 11) is 0. The van der Waals surface area contributed by atoms with Crippen molar-refractivity contribution in [2.75, 3.05) is 57.5 Å². The Morgan fingerprint density at radius 2 is 1.97 bits per heavy atom. The first kappa shape index (κ1) is 20.1. The van der Waals surface area contributed by atoms with Crippen molar-refractivity contribution in [3.05, 3.63) is 35.3 Å². The van der Waals surface area contributed by atoms with Crippen LogP contribution in [-0.4, -0.2) is 68.4 Å². The Morgan fingerprint density at radius 1 is 1.17 bits per heavy atom. The number of ether oxygens (including phenoxy) is 3. The zero-order valence-corrected chi connectivity index (χ0v) is 17.8. The van der Waals surface area contributed by atoms with Gasteiger partial charge in [-0.25, -0.2) is 4.98 Å². The molecule has 1 saturated heterocycles. The molecule has 1 fully saturated rings. The molecule has 0 radical (unpaired) electrons. The minimum atomic E-state index is -0.195. The minimum absolute atomic E-state index is 0.195. The van der Waals surface area contributed by atoms with Crippen molar-refractivity contribution in [3.63, 3.8) is 0 Å². The molecule has 0 saturated carbocycles. The number of nitrogens with zero attached hydrogens (tertiary/aromatic N) is 3. The van der Waals surface area contributed by atoms with Crippen molar-refractivity contribution in [1.82, 2.24) is 9.88 Å². The maximum absolute atomic E-state index is 13.2. The minimum Gasteiger partial charge on any atom is -0.494 e. The molecule has 2 aliphatic heterocycles. The largest absolute Gasteiger partial charge is 0.494 e. The number of morpholine rings is 1. The molecule has 7 nitrogen and oxygen atoms in total. The van der Waals surface area contributed by atoms with Gasteiger partial charge in [0.1, 0.15) is 19.5 Å². The van der Waals surface area contributed by atoms with Crippen molar-refractivity contribution in [2.24, 2.45) is 0 Å². The zero-order chi connectivity index (χ0) is 20.2. The van der Waals surface area contributed by atoms with Crippen LogP contribution in [0.2, 0.25) is 0 Å². The number of aromatic nitrogens is 1. The predicted molar refractivity (Wildman–Crippen MR) is 113 cm³/mol. The van der Waals surface area contributed by atoms with Gasteiger partial charge in [0.05, 0.1) is 23.4 Å². The summed E-state index contributed by atoms with van der Waals surface area (Å²) in [5, 5.41) is 0.701. The summed E-state index contributed by atoms with van der Waals surface area (Å²) in [6.07, 6.45) is 2.27. The SMILES string of the molecule is Cc1cc2nc(N(CCCN3CCOCC3)C(=O)C3=COCCO3)sc2cc1C. The van der Waals surface area contributed by atoms with Crippen molar-refractivity contribution in [3.8, 4) is 0 Å². The first-order valence-corrected chi connectivity index (χ1v) is 10.9. The number of aryl methyl sites for hydroxylation is 2. The van der Waals surface area contributed by atoms with E-state index in [1.54, 1.807) is 16.2 Å². The number of fused-ring (bicyclic) bond motifs is 1. The lowest BCUT2D eigenvalue weighted by molar-refractivity contribution is -0.119. The molecular weight excluding hydrogens is 390 g/mol. The van der Waals surface area contributed by atoms with Crippen LogP contribution >= 0.6 is 11.3 Å². The molecule has 0 spiro atoms. The second kappa shape index (κ2) is 9.11. The zero-order valence-electron chi connectivity index (χ0n) is 17.0. The summed E-state index contributed by atoms with van der Waals surface area (Å²) in [5.74, 6) is 0.0495. The number of hydrogen-bond donors (Lipinski definition) is 0. The summed E-state index contributed by atoms with van der Waals surface area (Å²) in [6.45, 7) is 9.96. The Morgan fingerprint density at radius 3 is 2.72 bits per heavy atom. The number of carbonyl (C=O) groups excluding carboxylic acids is 1. The third kappa shape index (κ3) is 4.71. The van der Waals surface area contributed by atoms with Crippen LogP contribution in [0.5, 0.6) is 0 Å². The Labute approximate surface area is 174 Å². The molecule has 0 unspecified atom stereocenters. The summed E-state index contributed by atoms with van der Waals surface area (Å²) in [4.78, 5) is 22.0. The molecule has 8 heteroatoms. The molecule has 0 N–H and O–H groups in total. The summed E-state index contributed by atoms with van der Waals surface area (Å²) in [5.41, 5.74) is 3.35. The third-order valence-electron chi connectivity index (χ3n) is 5.29. The number of anilines is 1. The van der Waals surface area contributed by atoms with Gasteiger partial charge in [-0.15, -0.1) is 0 Å². The lowest BCUT2D eigenvalue weighted by atomic mass is 10.1. The number of hydrogen-bond acceptors (Lipinski definition) is 7. The van der Waals surface area contributed by atoms with Crippen LogP contribution in [0.3, 0.4) is 0 Å². The van der Waals surface area contributed by atoms with Gasteiger partial charge in [-0.2, -0.15) is 0 Å². The van der Waals surface area contributed by atoms with E-state index in [4.69, 9.17) is 19.2 Å². The van der Waals surface area contributed by atoms with Gasteiger partial charge in [-0.3, -0.25) is 14.6 Å². The van der Waals surface area contributed by atoms with Crippen LogP contribution in [0.15, 0.2) is 24.2 Å². The Bertz CT molecular complexity index is 866. The lowest BCUT2D eigenvalue weighted by Crippen LogP contribution is -2.40. The first-order chi connectivity index (χ1) is 14.1. The van der Waals surface area contributed by atoms with E-state index in [9.17, 15) is 4.79 Å². The molecule has 1 aromatic carbocycles. The van der Waals surface area contributed by atoms with Gasteiger partial charge in [0.2, 0.25) is 5.76 Å². The molecule has 0 aliphatic carbocycles. The van der Waals surface area contributed by atoms with Gasteiger partial charge < -0.3 is 14.2 Å². The summed E-state index contributed by atoms with van der Waals surface area (Å²) < 4.78 is 17.4. The van der Waals surface area contributed by atoms with E-state index < -0.39 is 0 Å². The highest BCUT2D eigenvalue weighted by Crippen LogP contribution is 2.32. The van der Waals surface area contributed by atoms with Crippen LogP contribution in [0, 0.1) is 13.8 Å². The summed E-state index contributed by atoms with van der Waals surface area (Å²) >= 11 is 1.54. The van der Waals surface area contributed by atoms with Gasteiger partial charge in [0, 0.05) is 26.2 Å². The highest BCUT2D eigenvalue weighted by molar-refractivity contribution is 7.22. The molecule has 2 aliphatic rings. The van der Waals surface area contributed by atoms with Crippen LogP contribution in [0.4, 0.5) is 5.13 Å². The molecule has 1 amide bonds. The highest BCUT2D eigenvalue weighted by atomic mass is 32.1. The van der Waals surface area contributed by atoms with Gasteiger partial charge in [-0.1, -0.05) is 11.3 Å². The number of thiazole rings is 1. The molecule has 4 rings (SSSR count). The molecule has 156 valence electrons. The molecule has 3 heterocycles. The number of carbonyl (C=O) groups is 1. The average molecular weight is 418 g/mol. The van der Waals surface area contributed by atoms with E-state index in [0.717, 1.165) is 49.5 Å². The van der Waals surface area contributed by atoms with Gasteiger partial charge in [0.25, 0.3) is 5.91 Å². The van der Waals surface area contributed by atoms with E-state index >= 15 is 0 Å². The summed E-state index contributed by atoms with van der Waals surface area (Å²) in [6, 6.07) is 4.22. The molecular formula is C21H27N3O4S. The van der Waals surface area contributed by atoms with E-state index in [1.165, 1.54) is 17.4 Å². The van der Waals surface area contributed by atoms with E-state index in [0.29, 0.717) is 24.9 Å². The number of amides is 1. The van der Waals surface area contributed by atoms with Gasteiger partial charge in [0.15, 0.2) is 5.13 Å². The van der Waals surface area contributed by atoms with Crippen molar-refractivity contribution in [1.29, 1.82) is 0 Å². The highest BCUT2D eigenvalue weighted by Gasteiger charge is 2.26. The normalized spacial score (nSPS) is 17.5. The maximum atomic E-state index is 13.2. The Hall–Kier alpha value is -2.16. The van der Waals surface area contributed by atoms with Crippen molar-refractivity contribution < 1.29 is 19.0 Å². The van der Waals surface area contributed by atoms with Crippen molar-refractivity contribution >= 4 is 32.6 Å². The molecule has 29 heavy (non-hydrogen) atoms. The number of benzene rings is 1. The fourth-order valence-corrected chi connectivity index (χ4v) is 4.53. The fourth-order valence-electron chi connectivity index (χ4n) is 3.46. The average Bonchev–Trinajstić information content (AvgIpc) is 3.14. The van der Waals surface area contributed by atoms with Crippen molar-refractivity contribution in [2.45, 2.75) is 20.3 Å². The van der Waals surface area contributed by atoms with E-state index in [1.807, 2.05) is 0 Å². The lowest BCUT2D eigenvalue weighted by Gasteiger charge is -2.28. The predicted octanol–water partition coefficient (Wildman–Crippen LogP) is 2.86. The fraction of sp³-hybridized carbons (Fsp3) is 0.524. The molecule has 1 aromatic heterocycles. The molecule has 2 aromatic rings. The second-order valence-electron chi connectivity index (χ2n) is 7.37. The molecule has 0 atom stereocenters. The topological polar surface area (TPSA) is 64.1 Å². The Balaban J connectivity index is 1.55. The standard InChI is InChI=1S/C21H27N3O4S/c1-15-12-17-19(13-16(15)2)29-21(22-17)24(20(25)18-14-27-10-11-28-18)5-3-4-23-6-8-26-9-7-23/h12-14H,3-11H2,1-2H3. The van der Waals surface area contributed by atoms with Gasteiger partial charge in [-0.05, 0) is 43.5 Å². The van der Waals surface area contributed by atoms with Crippen LogP contribution in [-0.2, 0) is 19.0 Å². The number of rotatable bonds is 6. The van der Waals surface area contributed by atoms with E-state index in [-0.39, 0.29) is 11.7 Å². The van der Waals surface area contributed by atoms with Gasteiger partial charge >= 0.3 is 0 Å². The van der Waals surface area contributed by atoms with Crippen LogP contribution in [0.1, 0.15) is 17.5 Å².